The third kappa shape index (κ3) is 4.26. The van der Waals surface area contributed by atoms with Crippen LogP contribution in [0.2, 0.25) is 0 Å². The molecule has 3 aliphatic rings. The van der Waals surface area contributed by atoms with Crippen LogP contribution >= 0.6 is 0 Å². The molecule has 5 nitrogen and oxygen atoms in total. The summed E-state index contributed by atoms with van der Waals surface area (Å²) >= 11 is 0. The molecule has 5 atom stereocenters. The Kier molecular flexibility index (Phi) is 6.60. The van der Waals surface area contributed by atoms with Gasteiger partial charge >= 0.3 is 0 Å². The fraction of sp³-hybridized carbons (Fsp3) is 0.571. The lowest BCUT2D eigenvalue weighted by molar-refractivity contribution is -0.232. The van der Waals surface area contributed by atoms with E-state index in [9.17, 15) is 20.4 Å². The zero-order valence-electron chi connectivity index (χ0n) is 19.4. The average molecular weight is 453 g/mol. The van der Waals surface area contributed by atoms with E-state index < -0.39 is 37.1 Å². The van der Waals surface area contributed by atoms with Crippen LogP contribution in [0.25, 0.3) is 0 Å². The van der Waals surface area contributed by atoms with Gasteiger partial charge in [-0.05, 0) is 84.7 Å². The lowest BCUT2D eigenvalue weighted by Crippen LogP contribution is -2.55. The Morgan fingerprint density at radius 1 is 0.879 bits per heavy atom. The predicted molar refractivity (Wildman–Crippen MR) is 126 cm³/mol. The van der Waals surface area contributed by atoms with E-state index in [0.717, 1.165) is 44.1 Å². The topological polar surface area (TPSA) is 90.2 Å². The molecular weight excluding hydrogens is 416 g/mol. The fourth-order valence-electron chi connectivity index (χ4n) is 6.30. The number of aliphatic hydroxyl groups is 4. The standard InChI is InChI=1S/C28H36O5/c1-16-9-11-17(12-10-16)13-19-14-22(28-27(32)26(31)25(30)23(15-29)33-28)24(18-5-2-3-6-18)21-8-4-7-20(19)21/h9-12,14,18,23,25-32H,2-8,13,15H2,1H3/t23-,25+,26+,27?,28+/m1/s1. The van der Waals surface area contributed by atoms with Crippen LogP contribution in [0.4, 0.5) is 0 Å². The Labute approximate surface area is 196 Å². The Hall–Kier alpha value is -1.76. The van der Waals surface area contributed by atoms with Crippen LogP contribution in [0, 0.1) is 6.92 Å². The van der Waals surface area contributed by atoms with Crippen LogP contribution in [0.15, 0.2) is 30.3 Å². The highest BCUT2D eigenvalue weighted by Crippen LogP contribution is 2.46. The minimum absolute atomic E-state index is 0.401. The van der Waals surface area contributed by atoms with E-state index in [1.54, 1.807) is 0 Å². The van der Waals surface area contributed by atoms with E-state index in [4.69, 9.17) is 4.74 Å². The van der Waals surface area contributed by atoms with Crippen LogP contribution in [-0.2, 0) is 24.0 Å². The van der Waals surface area contributed by atoms with Crippen molar-refractivity contribution in [1.29, 1.82) is 0 Å². The first-order chi connectivity index (χ1) is 16.0. The highest BCUT2D eigenvalue weighted by molar-refractivity contribution is 5.53. The number of aryl methyl sites for hydroxylation is 1. The number of benzene rings is 2. The summed E-state index contributed by atoms with van der Waals surface area (Å²) in [5, 5.41) is 41.6. The van der Waals surface area contributed by atoms with E-state index in [0.29, 0.717) is 5.92 Å². The lowest BCUT2D eigenvalue weighted by atomic mass is 9.79. The molecule has 0 aromatic heterocycles. The Morgan fingerprint density at radius 3 is 2.27 bits per heavy atom. The molecule has 2 aliphatic carbocycles. The first-order valence-electron chi connectivity index (χ1n) is 12.5. The number of ether oxygens (including phenoxy) is 1. The summed E-state index contributed by atoms with van der Waals surface area (Å²) in [6, 6.07) is 10.8. The van der Waals surface area contributed by atoms with Gasteiger partial charge in [-0.25, -0.2) is 0 Å². The molecule has 1 saturated heterocycles. The Morgan fingerprint density at radius 2 is 1.58 bits per heavy atom. The molecule has 0 radical (unpaired) electrons. The van der Waals surface area contributed by atoms with Crippen LogP contribution in [0.3, 0.4) is 0 Å². The van der Waals surface area contributed by atoms with Crippen molar-refractivity contribution in [3.05, 3.63) is 69.3 Å². The van der Waals surface area contributed by atoms with Crippen LogP contribution in [0.1, 0.15) is 83.1 Å². The number of rotatable bonds is 5. The molecule has 1 unspecified atom stereocenters. The number of hydrogen-bond acceptors (Lipinski definition) is 5. The molecule has 0 spiro atoms. The summed E-state index contributed by atoms with van der Waals surface area (Å²) in [6.45, 7) is 1.69. The van der Waals surface area contributed by atoms with Gasteiger partial charge in [-0.3, -0.25) is 0 Å². The second kappa shape index (κ2) is 9.47. The van der Waals surface area contributed by atoms with Gasteiger partial charge in [-0.15, -0.1) is 0 Å². The molecular formula is C28H36O5. The molecule has 178 valence electrons. The van der Waals surface area contributed by atoms with Crippen molar-refractivity contribution in [1.82, 2.24) is 0 Å². The minimum atomic E-state index is -1.36. The third-order valence-electron chi connectivity index (χ3n) is 8.05. The molecule has 2 aromatic rings. The van der Waals surface area contributed by atoms with E-state index in [-0.39, 0.29) is 0 Å². The molecule has 1 heterocycles. The van der Waals surface area contributed by atoms with E-state index in [1.165, 1.54) is 46.2 Å². The van der Waals surface area contributed by atoms with Crippen molar-refractivity contribution < 1.29 is 25.2 Å². The van der Waals surface area contributed by atoms with E-state index in [2.05, 4.69) is 37.3 Å². The van der Waals surface area contributed by atoms with Crippen LogP contribution < -0.4 is 0 Å². The number of fused-ring (bicyclic) bond motifs is 1. The summed E-state index contributed by atoms with van der Waals surface area (Å²) in [5.41, 5.74) is 8.87. The maximum absolute atomic E-state index is 11.0. The molecule has 0 amide bonds. The smallest absolute Gasteiger partial charge is 0.113 e. The molecule has 2 fully saturated rings. The zero-order chi connectivity index (χ0) is 23.1. The minimum Gasteiger partial charge on any atom is -0.394 e. The van der Waals surface area contributed by atoms with E-state index in [1.807, 2.05) is 0 Å². The second-order valence-electron chi connectivity index (χ2n) is 10.2. The second-order valence-corrected chi connectivity index (χ2v) is 10.2. The van der Waals surface area contributed by atoms with Gasteiger partial charge in [0.25, 0.3) is 0 Å². The maximum atomic E-state index is 11.0. The van der Waals surface area contributed by atoms with Crippen LogP contribution in [-0.4, -0.2) is 51.4 Å². The number of aliphatic hydroxyl groups excluding tert-OH is 4. The molecule has 0 bridgehead atoms. The summed E-state index contributed by atoms with van der Waals surface area (Å²) < 4.78 is 6.09. The van der Waals surface area contributed by atoms with Crippen LogP contribution in [0.5, 0.6) is 0 Å². The number of hydrogen-bond donors (Lipinski definition) is 4. The van der Waals surface area contributed by atoms with Gasteiger partial charge in [-0.1, -0.05) is 48.7 Å². The van der Waals surface area contributed by atoms with Crippen molar-refractivity contribution in [3.63, 3.8) is 0 Å². The quantitative estimate of drug-likeness (QED) is 0.559. The Bertz CT molecular complexity index is 977. The molecule has 33 heavy (non-hydrogen) atoms. The molecule has 1 aliphatic heterocycles. The highest BCUT2D eigenvalue weighted by atomic mass is 16.5. The van der Waals surface area contributed by atoms with Gasteiger partial charge in [-0.2, -0.15) is 0 Å². The fourth-order valence-corrected chi connectivity index (χ4v) is 6.30. The van der Waals surface area contributed by atoms with Gasteiger partial charge < -0.3 is 25.2 Å². The van der Waals surface area contributed by atoms with Crippen molar-refractivity contribution in [2.24, 2.45) is 0 Å². The summed E-state index contributed by atoms with van der Waals surface area (Å²) in [4.78, 5) is 0. The van der Waals surface area contributed by atoms with Gasteiger partial charge in [0.15, 0.2) is 0 Å². The first kappa shape index (κ1) is 23.0. The largest absolute Gasteiger partial charge is 0.394 e. The monoisotopic (exact) mass is 452 g/mol. The summed E-state index contributed by atoms with van der Waals surface area (Å²) in [7, 11) is 0. The van der Waals surface area contributed by atoms with Crippen molar-refractivity contribution in [3.8, 4) is 0 Å². The molecule has 5 heteroatoms. The van der Waals surface area contributed by atoms with Gasteiger partial charge in [0, 0.05) is 0 Å². The van der Waals surface area contributed by atoms with Gasteiger partial charge in [0.05, 0.1) is 6.61 Å². The average Bonchev–Trinajstić information content (AvgIpc) is 3.52. The normalized spacial score (nSPS) is 30.0. The maximum Gasteiger partial charge on any atom is 0.113 e. The molecule has 5 rings (SSSR count). The van der Waals surface area contributed by atoms with Gasteiger partial charge in [0.1, 0.15) is 30.5 Å². The van der Waals surface area contributed by atoms with E-state index >= 15 is 0 Å². The Balaban J connectivity index is 1.62. The lowest BCUT2D eigenvalue weighted by Gasteiger charge is -2.41. The first-order valence-corrected chi connectivity index (χ1v) is 12.5. The SMILES string of the molecule is Cc1ccc(Cc2cc([C@@H]3O[C@H](CO)[C@H](O)[C@H](O)C3O)c(C3CCCC3)c3c2CCC3)cc1. The van der Waals surface area contributed by atoms with Crippen molar-refractivity contribution in [2.75, 3.05) is 6.61 Å². The summed E-state index contributed by atoms with van der Waals surface area (Å²) in [6.07, 6.45) is 3.15. The molecule has 1 saturated carbocycles. The van der Waals surface area contributed by atoms with Gasteiger partial charge in [0.2, 0.25) is 0 Å². The predicted octanol–water partition coefficient (Wildman–Crippen LogP) is 3.25. The molecule has 2 aromatic carbocycles. The molecule has 4 N–H and O–H groups in total. The van der Waals surface area contributed by atoms with Crippen molar-refractivity contribution >= 4 is 0 Å². The zero-order valence-corrected chi connectivity index (χ0v) is 19.4. The summed E-state index contributed by atoms with van der Waals surface area (Å²) in [5.74, 6) is 0.438. The highest BCUT2D eigenvalue weighted by Gasteiger charge is 2.45. The third-order valence-corrected chi connectivity index (χ3v) is 8.05. The van der Waals surface area contributed by atoms with Crippen molar-refractivity contribution in [2.45, 2.75) is 94.7 Å².